The highest BCUT2D eigenvalue weighted by atomic mass is 35.5. The van der Waals surface area contributed by atoms with Crippen molar-refractivity contribution in [3.8, 4) is 11.5 Å². The van der Waals surface area contributed by atoms with Crippen LogP contribution in [0.15, 0.2) is 24.5 Å². The van der Waals surface area contributed by atoms with E-state index in [1.165, 1.54) is 0 Å². The molecule has 122 valence electrons. The number of nitrogens with zero attached hydrogens (tertiary/aromatic N) is 2. The Balaban J connectivity index is 1.81. The van der Waals surface area contributed by atoms with E-state index in [9.17, 15) is 4.79 Å². The first-order valence-electron chi connectivity index (χ1n) is 7.14. The second kappa shape index (κ2) is 6.47. The topological polar surface area (TPSA) is 77.4 Å². The Labute approximate surface area is 138 Å². The number of amides is 1. The van der Waals surface area contributed by atoms with Gasteiger partial charge in [-0.05, 0) is 7.05 Å². The third-order valence-corrected chi connectivity index (χ3v) is 3.81. The van der Waals surface area contributed by atoms with Gasteiger partial charge in [-0.2, -0.15) is 5.10 Å². The summed E-state index contributed by atoms with van der Waals surface area (Å²) in [6.45, 7) is 0.953. The van der Waals surface area contributed by atoms with E-state index in [2.05, 4.69) is 15.7 Å². The maximum atomic E-state index is 12.5. The first kappa shape index (κ1) is 15.6. The van der Waals surface area contributed by atoms with Crippen LogP contribution in [0.4, 0.5) is 5.69 Å². The molecule has 23 heavy (non-hydrogen) atoms. The molecule has 8 heteroatoms. The minimum atomic E-state index is -0.534. The zero-order valence-corrected chi connectivity index (χ0v) is 13.6. The molecular weight excluding hydrogens is 320 g/mol. The lowest BCUT2D eigenvalue weighted by Crippen LogP contribution is -2.30. The van der Waals surface area contributed by atoms with Crippen LogP contribution in [0.5, 0.6) is 11.5 Å². The summed E-state index contributed by atoms with van der Waals surface area (Å²) in [5, 5.41) is 10.3. The van der Waals surface area contributed by atoms with Gasteiger partial charge in [0.15, 0.2) is 11.5 Å². The summed E-state index contributed by atoms with van der Waals surface area (Å²) in [5.74, 6) is 0.911. The molecule has 1 aromatic carbocycles. The van der Waals surface area contributed by atoms with Crippen LogP contribution in [0.3, 0.4) is 0 Å². The summed E-state index contributed by atoms with van der Waals surface area (Å²) in [6, 6.07) is 2.78. The van der Waals surface area contributed by atoms with Crippen molar-refractivity contribution in [3.63, 3.8) is 0 Å². The Bertz CT molecular complexity index is 732. The number of halogens is 1. The van der Waals surface area contributed by atoms with Crippen LogP contribution in [0.2, 0.25) is 5.02 Å². The number of hydrogen-bond acceptors (Lipinski definition) is 5. The molecule has 2 heterocycles. The van der Waals surface area contributed by atoms with Crippen LogP contribution < -0.4 is 20.1 Å². The van der Waals surface area contributed by atoms with E-state index in [1.807, 2.05) is 0 Å². The molecule has 3 rings (SSSR count). The number of hydrogen-bond donors (Lipinski definition) is 2. The van der Waals surface area contributed by atoms with Crippen molar-refractivity contribution in [2.45, 2.75) is 6.04 Å². The SMILES string of the molecule is CNC(C(=O)Nc1cc2c(cc1Cl)OCCO2)c1cnn(C)c1. The highest BCUT2D eigenvalue weighted by molar-refractivity contribution is 6.34. The Kier molecular flexibility index (Phi) is 4.40. The van der Waals surface area contributed by atoms with E-state index in [0.29, 0.717) is 35.4 Å². The van der Waals surface area contributed by atoms with Crippen molar-refractivity contribution in [2.75, 3.05) is 25.6 Å². The third-order valence-electron chi connectivity index (χ3n) is 3.50. The number of ether oxygens (including phenoxy) is 2. The summed E-state index contributed by atoms with van der Waals surface area (Å²) >= 11 is 6.22. The quantitative estimate of drug-likeness (QED) is 0.889. The number of benzene rings is 1. The fourth-order valence-corrected chi connectivity index (χ4v) is 2.60. The molecule has 1 atom stereocenters. The third kappa shape index (κ3) is 3.25. The van der Waals surface area contributed by atoms with E-state index >= 15 is 0 Å². The average molecular weight is 337 g/mol. The van der Waals surface area contributed by atoms with Gasteiger partial charge < -0.3 is 20.1 Å². The Morgan fingerprint density at radius 2 is 2.04 bits per heavy atom. The fourth-order valence-electron chi connectivity index (χ4n) is 2.40. The van der Waals surface area contributed by atoms with Crippen molar-refractivity contribution >= 4 is 23.2 Å². The second-order valence-corrected chi connectivity index (χ2v) is 5.54. The molecule has 1 aliphatic rings. The molecule has 1 aromatic heterocycles. The van der Waals surface area contributed by atoms with E-state index in [4.69, 9.17) is 21.1 Å². The number of fused-ring (bicyclic) bond motifs is 1. The number of carbonyl (C=O) groups is 1. The largest absolute Gasteiger partial charge is 0.486 e. The summed E-state index contributed by atoms with van der Waals surface area (Å²) in [7, 11) is 3.51. The number of carbonyl (C=O) groups excluding carboxylic acids is 1. The van der Waals surface area contributed by atoms with Gasteiger partial charge in [-0.3, -0.25) is 9.48 Å². The molecule has 1 unspecified atom stereocenters. The number of rotatable bonds is 4. The van der Waals surface area contributed by atoms with Crippen molar-refractivity contribution in [2.24, 2.45) is 7.05 Å². The monoisotopic (exact) mass is 336 g/mol. The smallest absolute Gasteiger partial charge is 0.246 e. The maximum Gasteiger partial charge on any atom is 0.246 e. The van der Waals surface area contributed by atoms with Crippen molar-refractivity contribution in [1.29, 1.82) is 0 Å². The summed E-state index contributed by atoms with van der Waals surface area (Å²) in [4.78, 5) is 12.5. The predicted octanol–water partition coefficient (Wildman–Crippen LogP) is 1.74. The molecule has 7 nitrogen and oxygen atoms in total. The Morgan fingerprint density at radius 3 is 2.65 bits per heavy atom. The standard InChI is InChI=1S/C15H17ClN4O3/c1-17-14(9-7-18-20(2)8-9)15(21)19-11-6-13-12(5-10(11)16)22-3-4-23-13/h5-8,14,17H,3-4H2,1-2H3,(H,19,21). The summed E-state index contributed by atoms with van der Waals surface area (Å²) in [6.07, 6.45) is 3.43. The minimum absolute atomic E-state index is 0.237. The van der Waals surface area contributed by atoms with Crippen LogP contribution in [0.1, 0.15) is 11.6 Å². The number of aryl methyl sites for hydroxylation is 1. The lowest BCUT2D eigenvalue weighted by molar-refractivity contribution is -0.118. The van der Waals surface area contributed by atoms with E-state index < -0.39 is 6.04 Å². The second-order valence-electron chi connectivity index (χ2n) is 5.13. The van der Waals surface area contributed by atoms with Crippen molar-refractivity contribution in [3.05, 3.63) is 35.1 Å². The molecule has 0 saturated heterocycles. The van der Waals surface area contributed by atoms with Crippen LogP contribution in [0, 0.1) is 0 Å². The normalized spacial score (nSPS) is 14.4. The number of aromatic nitrogens is 2. The molecule has 0 fully saturated rings. The van der Waals surface area contributed by atoms with E-state index in [-0.39, 0.29) is 5.91 Å². The van der Waals surface area contributed by atoms with Crippen LogP contribution in [-0.4, -0.2) is 35.9 Å². The molecule has 1 amide bonds. The van der Waals surface area contributed by atoms with Gasteiger partial charge in [0, 0.05) is 30.9 Å². The zero-order chi connectivity index (χ0) is 16.4. The first-order valence-corrected chi connectivity index (χ1v) is 7.52. The highest BCUT2D eigenvalue weighted by Crippen LogP contribution is 2.38. The van der Waals surface area contributed by atoms with Gasteiger partial charge in [0.05, 0.1) is 16.9 Å². The minimum Gasteiger partial charge on any atom is -0.486 e. The van der Waals surface area contributed by atoms with Gasteiger partial charge in [0.25, 0.3) is 0 Å². The molecular formula is C15H17ClN4O3. The number of nitrogens with one attached hydrogen (secondary N) is 2. The van der Waals surface area contributed by atoms with Crippen molar-refractivity contribution < 1.29 is 14.3 Å². The van der Waals surface area contributed by atoms with E-state index in [0.717, 1.165) is 5.56 Å². The Hall–Kier alpha value is -2.25. The first-order chi connectivity index (χ1) is 11.1. The predicted molar refractivity (Wildman–Crippen MR) is 86.1 cm³/mol. The Morgan fingerprint density at radius 1 is 1.35 bits per heavy atom. The van der Waals surface area contributed by atoms with Crippen LogP contribution in [0.25, 0.3) is 0 Å². The fraction of sp³-hybridized carbons (Fsp3) is 0.333. The van der Waals surface area contributed by atoms with E-state index in [1.54, 1.807) is 43.3 Å². The van der Waals surface area contributed by atoms with Gasteiger partial charge in [-0.15, -0.1) is 0 Å². The molecule has 0 bridgehead atoms. The number of anilines is 1. The summed E-state index contributed by atoms with van der Waals surface area (Å²) < 4.78 is 12.6. The zero-order valence-electron chi connectivity index (χ0n) is 12.8. The van der Waals surface area contributed by atoms with Gasteiger partial charge in [0.2, 0.25) is 5.91 Å². The molecule has 2 aromatic rings. The molecule has 0 saturated carbocycles. The van der Waals surface area contributed by atoms with Gasteiger partial charge in [-0.25, -0.2) is 0 Å². The lowest BCUT2D eigenvalue weighted by Gasteiger charge is -2.21. The highest BCUT2D eigenvalue weighted by Gasteiger charge is 2.22. The molecule has 0 aliphatic carbocycles. The van der Waals surface area contributed by atoms with Crippen molar-refractivity contribution in [1.82, 2.24) is 15.1 Å². The van der Waals surface area contributed by atoms with Gasteiger partial charge >= 0.3 is 0 Å². The molecule has 0 spiro atoms. The molecule has 1 aliphatic heterocycles. The van der Waals surface area contributed by atoms with Crippen LogP contribution in [-0.2, 0) is 11.8 Å². The van der Waals surface area contributed by atoms with Gasteiger partial charge in [0.1, 0.15) is 19.3 Å². The average Bonchev–Trinajstić information content (AvgIpc) is 2.95. The molecule has 0 radical (unpaired) electrons. The number of likely N-dealkylation sites (N-methyl/N-ethyl adjacent to an activating group) is 1. The lowest BCUT2D eigenvalue weighted by atomic mass is 10.1. The summed E-state index contributed by atoms with van der Waals surface area (Å²) in [5.41, 5.74) is 1.24. The van der Waals surface area contributed by atoms with Crippen LogP contribution >= 0.6 is 11.6 Å². The molecule has 2 N–H and O–H groups in total. The van der Waals surface area contributed by atoms with Gasteiger partial charge in [-0.1, -0.05) is 11.6 Å². The maximum absolute atomic E-state index is 12.5.